The summed E-state index contributed by atoms with van der Waals surface area (Å²) in [4.78, 5) is 41.1. The van der Waals surface area contributed by atoms with Crippen molar-refractivity contribution in [3.05, 3.63) is 57.0 Å². The van der Waals surface area contributed by atoms with Crippen LogP contribution in [0, 0.1) is 11.8 Å². The molecule has 0 aromatic heterocycles. The number of ether oxygens (including phenoxy) is 1. The van der Waals surface area contributed by atoms with Gasteiger partial charge in [-0.2, -0.15) is 0 Å². The smallest absolute Gasteiger partial charge is 0.341 e. The van der Waals surface area contributed by atoms with E-state index in [2.05, 4.69) is 10.2 Å². The fraction of sp³-hybridized carbons (Fsp3) is 0.464. The molecule has 0 atom stereocenters. The van der Waals surface area contributed by atoms with Crippen LogP contribution < -0.4 is 15.0 Å². The Balaban J connectivity index is 1.34. The van der Waals surface area contributed by atoms with Crippen molar-refractivity contribution in [3.8, 4) is 5.75 Å². The molecular formula is C28H32Cl3N3O5. The van der Waals surface area contributed by atoms with E-state index in [9.17, 15) is 14.4 Å². The number of aliphatic carboxylic acids is 1. The monoisotopic (exact) mass is 595 g/mol. The Kier molecular flexibility index (Phi) is 10.2. The molecule has 1 saturated carbocycles. The Morgan fingerprint density at radius 1 is 1.00 bits per heavy atom. The summed E-state index contributed by atoms with van der Waals surface area (Å²) in [5.41, 5.74) is 1.72. The molecule has 8 nitrogen and oxygen atoms in total. The van der Waals surface area contributed by atoms with E-state index >= 15 is 0 Å². The minimum absolute atomic E-state index is 0.134. The van der Waals surface area contributed by atoms with E-state index in [0.29, 0.717) is 72.2 Å². The third-order valence-electron chi connectivity index (χ3n) is 7.34. The minimum Gasteiger partial charge on any atom is -0.480 e. The Bertz CT molecular complexity index is 1200. The van der Waals surface area contributed by atoms with E-state index in [1.165, 1.54) is 4.90 Å². The number of carbonyl (C=O) groups excluding carboxylic acids is 2. The van der Waals surface area contributed by atoms with Gasteiger partial charge in [0.15, 0.2) is 6.61 Å². The van der Waals surface area contributed by atoms with E-state index < -0.39 is 12.6 Å². The number of nitrogens with one attached hydrogen (secondary N) is 1. The normalized spacial score (nSPS) is 15.9. The van der Waals surface area contributed by atoms with Crippen molar-refractivity contribution in [2.75, 3.05) is 37.7 Å². The van der Waals surface area contributed by atoms with Gasteiger partial charge in [-0.3, -0.25) is 9.69 Å². The van der Waals surface area contributed by atoms with Crippen LogP contribution in [0.3, 0.4) is 0 Å². The van der Waals surface area contributed by atoms with Crippen molar-refractivity contribution in [1.29, 1.82) is 0 Å². The third kappa shape index (κ3) is 7.93. The van der Waals surface area contributed by atoms with Gasteiger partial charge in [0.2, 0.25) is 5.91 Å². The number of carboxylic acid groups (broad SMARTS) is 1. The van der Waals surface area contributed by atoms with Crippen LogP contribution in [-0.4, -0.2) is 60.7 Å². The molecule has 0 unspecified atom stereocenters. The SMILES string of the molecule is O=C(O)COc1cc(N2CCC(C(=O)N(CC3CCC3)C(=O)NCCc3ccc(Cl)cc3Cl)CC2)ccc1Cl. The van der Waals surface area contributed by atoms with Gasteiger partial charge in [0, 0.05) is 53.9 Å². The van der Waals surface area contributed by atoms with Crippen LogP contribution in [0.5, 0.6) is 5.75 Å². The molecule has 2 aromatic rings. The van der Waals surface area contributed by atoms with Crippen LogP contribution >= 0.6 is 34.8 Å². The zero-order chi connectivity index (χ0) is 27.9. The van der Waals surface area contributed by atoms with Gasteiger partial charge in [-0.25, -0.2) is 9.59 Å². The van der Waals surface area contributed by atoms with Gasteiger partial charge >= 0.3 is 12.0 Å². The van der Waals surface area contributed by atoms with Crippen LogP contribution in [-0.2, 0) is 16.0 Å². The Morgan fingerprint density at radius 2 is 1.74 bits per heavy atom. The topological polar surface area (TPSA) is 99.2 Å². The molecule has 1 saturated heterocycles. The predicted octanol–water partition coefficient (Wildman–Crippen LogP) is 5.91. The number of benzene rings is 2. The molecule has 0 bridgehead atoms. The Labute approximate surface area is 243 Å². The number of urea groups is 1. The summed E-state index contributed by atoms with van der Waals surface area (Å²) < 4.78 is 5.30. The number of anilines is 1. The van der Waals surface area contributed by atoms with Crippen LogP contribution in [0.15, 0.2) is 36.4 Å². The second kappa shape index (κ2) is 13.6. The number of nitrogens with zero attached hydrogens (tertiary/aromatic N) is 2. The number of hydrogen-bond acceptors (Lipinski definition) is 5. The average Bonchev–Trinajstić information content (AvgIpc) is 2.88. The van der Waals surface area contributed by atoms with Gasteiger partial charge in [0.25, 0.3) is 0 Å². The quantitative estimate of drug-likeness (QED) is 0.354. The zero-order valence-corrected chi connectivity index (χ0v) is 23.8. The number of piperidine rings is 1. The maximum atomic E-state index is 13.5. The molecule has 2 aliphatic rings. The van der Waals surface area contributed by atoms with Crippen molar-refractivity contribution in [1.82, 2.24) is 10.2 Å². The summed E-state index contributed by atoms with van der Waals surface area (Å²) in [6.07, 6.45) is 4.91. The first-order chi connectivity index (χ1) is 18.7. The second-order valence-electron chi connectivity index (χ2n) is 10.0. The van der Waals surface area contributed by atoms with Crippen molar-refractivity contribution in [2.24, 2.45) is 11.8 Å². The number of carboxylic acids is 1. The fourth-order valence-corrected chi connectivity index (χ4v) is 5.55. The lowest BCUT2D eigenvalue weighted by atomic mass is 9.84. The molecule has 2 N–H and O–H groups in total. The van der Waals surface area contributed by atoms with Gasteiger partial charge in [0.1, 0.15) is 5.75 Å². The molecule has 2 aromatic carbocycles. The number of hydrogen-bond donors (Lipinski definition) is 2. The summed E-state index contributed by atoms with van der Waals surface area (Å²) in [5.74, 6) is -0.820. The van der Waals surface area contributed by atoms with Crippen LogP contribution in [0.25, 0.3) is 0 Å². The van der Waals surface area contributed by atoms with E-state index in [1.807, 2.05) is 12.1 Å². The molecule has 39 heavy (non-hydrogen) atoms. The van der Waals surface area contributed by atoms with Crippen molar-refractivity contribution in [3.63, 3.8) is 0 Å². The van der Waals surface area contributed by atoms with E-state index in [0.717, 1.165) is 30.5 Å². The Hall–Kier alpha value is -2.68. The summed E-state index contributed by atoms with van der Waals surface area (Å²) in [6, 6.07) is 10.1. The first-order valence-electron chi connectivity index (χ1n) is 13.1. The average molecular weight is 597 g/mol. The molecule has 3 amide bonds. The predicted molar refractivity (Wildman–Crippen MR) is 152 cm³/mol. The first-order valence-corrected chi connectivity index (χ1v) is 14.3. The number of carbonyl (C=O) groups is 3. The molecule has 0 radical (unpaired) electrons. The zero-order valence-electron chi connectivity index (χ0n) is 21.5. The standard InChI is InChI=1S/C28H32Cl3N3O5/c29-21-5-4-19(24(31)14-21)8-11-32-28(38)34(16-18-2-1-3-18)27(37)20-9-12-33(13-10-20)22-6-7-23(30)25(15-22)39-17-26(35)36/h4-7,14-15,18,20H,1-3,8-13,16-17H2,(H,32,38)(H,35,36). The molecule has 4 rings (SSSR count). The summed E-state index contributed by atoms with van der Waals surface area (Å²) >= 11 is 18.4. The molecule has 1 aliphatic heterocycles. The lowest BCUT2D eigenvalue weighted by molar-refractivity contribution is -0.139. The molecule has 1 aliphatic carbocycles. The maximum Gasteiger partial charge on any atom is 0.341 e. The van der Waals surface area contributed by atoms with Gasteiger partial charge < -0.3 is 20.1 Å². The van der Waals surface area contributed by atoms with E-state index in [1.54, 1.807) is 24.3 Å². The van der Waals surface area contributed by atoms with Crippen LogP contribution in [0.2, 0.25) is 15.1 Å². The van der Waals surface area contributed by atoms with Crippen molar-refractivity contribution < 1.29 is 24.2 Å². The van der Waals surface area contributed by atoms with E-state index in [4.69, 9.17) is 44.6 Å². The summed E-state index contributed by atoms with van der Waals surface area (Å²) in [7, 11) is 0. The van der Waals surface area contributed by atoms with Crippen LogP contribution in [0.4, 0.5) is 10.5 Å². The second-order valence-corrected chi connectivity index (χ2v) is 11.3. The fourth-order valence-electron chi connectivity index (χ4n) is 4.87. The highest BCUT2D eigenvalue weighted by molar-refractivity contribution is 6.35. The largest absolute Gasteiger partial charge is 0.480 e. The number of amides is 3. The lowest BCUT2D eigenvalue weighted by Crippen LogP contribution is -2.51. The summed E-state index contributed by atoms with van der Waals surface area (Å²) in [5, 5.41) is 13.2. The van der Waals surface area contributed by atoms with Crippen LogP contribution in [0.1, 0.15) is 37.7 Å². The maximum absolute atomic E-state index is 13.5. The van der Waals surface area contributed by atoms with E-state index in [-0.39, 0.29) is 17.9 Å². The molecule has 1 heterocycles. The van der Waals surface area contributed by atoms with Crippen molar-refractivity contribution >= 4 is 58.4 Å². The number of imide groups is 1. The Morgan fingerprint density at radius 3 is 2.38 bits per heavy atom. The lowest BCUT2D eigenvalue weighted by Gasteiger charge is -2.37. The summed E-state index contributed by atoms with van der Waals surface area (Å²) in [6.45, 7) is 1.55. The third-order valence-corrected chi connectivity index (χ3v) is 8.24. The van der Waals surface area contributed by atoms with Gasteiger partial charge in [-0.15, -0.1) is 0 Å². The highest BCUT2D eigenvalue weighted by atomic mass is 35.5. The molecule has 2 fully saturated rings. The molecule has 11 heteroatoms. The number of halogens is 3. The highest BCUT2D eigenvalue weighted by Gasteiger charge is 2.34. The first kappa shape index (κ1) is 29.3. The molecule has 0 spiro atoms. The molecular weight excluding hydrogens is 565 g/mol. The molecule has 210 valence electrons. The van der Waals surface area contributed by atoms with Crippen molar-refractivity contribution in [2.45, 2.75) is 38.5 Å². The van der Waals surface area contributed by atoms with Gasteiger partial charge in [-0.1, -0.05) is 47.3 Å². The van der Waals surface area contributed by atoms with Gasteiger partial charge in [-0.05, 0) is 67.9 Å². The highest BCUT2D eigenvalue weighted by Crippen LogP contribution is 2.33. The minimum atomic E-state index is -1.08. The van der Waals surface area contributed by atoms with Gasteiger partial charge in [0.05, 0.1) is 5.02 Å². The number of rotatable bonds is 10.